The molecule has 2 amide bonds. The van der Waals surface area contributed by atoms with Gasteiger partial charge in [-0.2, -0.15) is 0 Å². The number of nitrogens with one attached hydrogen (secondary N) is 1. The van der Waals surface area contributed by atoms with Crippen LogP contribution in [0.2, 0.25) is 0 Å². The molecule has 2 atom stereocenters. The van der Waals surface area contributed by atoms with Gasteiger partial charge in [0.05, 0.1) is 30.8 Å². The second kappa shape index (κ2) is 6.93. The van der Waals surface area contributed by atoms with Crippen LogP contribution < -0.4 is 5.32 Å². The summed E-state index contributed by atoms with van der Waals surface area (Å²) in [6.07, 6.45) is 0. The summed E-state index contributed by atoms with van der Waals surface area (Å²) in [6.45, 7) is 7.73. The molecule has 2 fully saturated rings. The number of hydrogen-bond donors (Lipinski definition) is 1. The van der Waals surface area contributed by atoms with Gasteiger partial charge in [-0.25, -0.2) is 13.2 Å². The fraction of sp³-hybridized carbons (Fsp3) is 0.923. The van der Waals surface area contributed by atoms with Crippen LogP contribution >= 0.6 is 0 Å². The minimum absolute atomic E-state index is 0.0298. The highest BCUT2D eigenvalue weighted by molar-refractivity contribution is 7.91. The molecule has 0 aromatic heterocycles. The lowest BCUT2D eigenvalue weighted by atomic mass is 10.1. The van der Waals surface area contributed by atoms with E-state index in [2.05, 4.69) is 10.2 Å². The summed E-state index contributed by atoms with van der Waals surface area (Å²) in [5.41, 5.74) is 0. The van der Waals surface area contributed by atoms with Crippen molar-refractivity contribution in [3.8, 4) is 0 Å². The Morgan fingerprint density at radius 3 is 2.43 bits per heavy atom. The number of amides is 2. The number of rotatable bonds is 4. The standard InChI is InChI=1S/C13H25N3O4S/c1-3-15(4-2)13(17)14-11-9-21(18,19)10-12(11)16-5-7-20-8-6-16/h11-12H,3-10H2,1-2H3,(H,14,17)/t11-,12+/m0/s1. The molecular weight excluding hydrogens is 294 g/mol. The molecule has 7 nitrogen and oxygen atoms in total. The molecule has 0 aliphatic carbocycles. The second-order valence-corrected chi connectivity index (χ2v) is 7.67. The maximum absolute atomic E-state index is 12.2. The van der Waals surface area contributed by atoms with E-state index in [0.717, 1.165) is 13.1 Å². The van der Waals surface area contributed by atoms with Gasteiger partial charge in [0.15, 0.2) is 9.84 Å². The maximum atomic E-state index is 12.2. The molecule has 0 aromatic rings. The number of hydrogen-bond acceptors (Lipinski definition) is 5. The highest BCUT2D eigenvalue weighted by Crippen LogP contribution is 2.20. The fourth-order valence-electron chi connectivity index (χ4n) is 3.00. The van der Waals surface area contributed by atoms with Crippen molar-refractivity contribution in [1.29, 1.82) is 0 Å². The highest BCUT2D eigenvalue weighted by Gasteiger charge is 2.42. The van der Waals surface area contributed by atoms with E-state index in [4.69, 9.17) is 4.74 Å². The van der Waals surface area contributed by atoms with Gasteiger partial charge in [-0.3, -0.25) is 4.90 Å². The van der Waals surface area contributed by atoms with Crippen molar-refractivity contribution in [3.05, 3.63) is 0 Å². The summed E-state index contributed by atoms with van der Waals surface area (Å²) in [5.74, 6) is 0.151. The van der Waals surface area contributed by atoms with Gasteiger partial charge in [0.25, 0.3) is 0 Å². The zero-order valence-electron chi connectivity index (χ0n) is 12.7. The minimum Gasteiger partial charge on any atom is -0.379 e. The Morgan fingerprint density at radius 1 is 1.24 bits per heavy atom. The van der Waals surface area contributed by atoms with Crippen LogP contribution in [0.15, 0.2) is 0 Å². The molecule has 0 unspecified atom stereocenters. The van der Waals surface area contributed by atoms with Gasteiger partial charge in [-0.15, -0.1) is 0 Å². The molecule has 2 rings (SSSR count). The average Bonchev–Trinajstić information content (AvgIpc) is 2.76. The number of nitrogens with zero attached hydrogens (tertiary/aromatic N) is 2. The molecule has 2 aliphatic rings. The van der Waals surface area contributed by atoms with E-state index in [9.17, 15) is 13.2 Å². The number of sulfone groups is 1. The smallest absolute Gasteiger partial charge is 0.317 e. The summed E-state index contributed by atoms with van der Waals surface area (Å²) in [4.78, 5) is 16.0. The van der Waals surface area contributed by atoms with Crippen molar-refractivity contribution in [2.45, 2.75) is 25.9 Å². The zero-order valence-corrected chi connectivity index (χ0v) is 13.6. The van der Waals surface area contributed by atoms with Crippen LogP contribution in [0.4, 0.5) is 4.79 Å². The number of urea groups is 1. The highest BCUT2D eigenvalue weighted by atomic mass is 32.2. The summed E-state index contributed by atoms with van der Waals surface area (Å²) < 4.78 is 29.2. The molecule has 8 heteroatoms. The van der Waals surface area contributed by atoms with E-state index in [1.807, 2.05) is 13.8 Å². The zero-order chi connectivity index (χ0) is 15.5. The van der Waals surface area contributed by atoms with Crippen LogP contribution in [0, 0.1) is 0 Å². The van der Waals surface area contributed by atoms with Crippen molar-refractivity contribution in [1.82, 2.24) is 15.1 Å². The SMILES string of the molecule is CCN(CC)C(=O)N[C@H]1CS(=O)(=O)C[C@H]1N1CCOCC1. The molecule has 2 heterocycles. The Kier molecular flexibility index (Phi) is 5.45. The van der Waals surface area contributed by atoms with E-state index in [0.29, 0.717) is 26.3 Å². The summed E-state index contributed by atoms with van der Waals surface area (Å²) in [5, 5.41) is 2.91. The van der Waals surface area contributed by atoms with Crippen molar-refractivity contribution >= 4 is 15.9 Å². The van der Waals surface area contributed by atoms with E-state index >= 15 is 0 Å². The fourth-order valence-corrected chi connectivity index (χ4v) is 4.95. The second-order valence-electron chi connectivity index (χ2n) is 5.52. The molecule has 21 heavy (non-hydrogen) atoms. The first-order chi connectivity index (χ1) is 9.96. The third-order valence-electron chi connectivity index (χ3n) is 4.20. The Balaban J connectivity index is 2.05. The lowest BCUT2D eigenvalue weighted by Gasteiger charge is -2.35. The topological polar surface area (TPSA) is 79.0 Å². The first kappa shape index (κ1) is 16.5. The maximum Gasteiger partial charge on any atom is 0.317 e. The van der Waals surface area contributed by atoms with Gasteiger partial charge in [0.1, 0.15) is 0 Å². The van der Waals surface area contributed by atoms with Gasteiger partial charge < -0.3 is 15.0 Å². The third-order valence-corrected chi connectivity index (χ3v) is 5.91. The third kappa shape index (κ3) is 4.08. The normalized spacial score (nSPS) is 29.2. The molecule has 0 saturated carbocycles. The van der Waals surface area contributed by atoms with Crippen molar-refractivity contribution in [3.63, 3.8) is 0 Å². The molecule has 0 bridgehead atoms. The molecular formula is C13H25N3O4S. The molecule has 122 valence electrons. The molecule has 0 spiro atoms. The first-order valence-electron chi connectivity index (χ1n) is 7.54. The first-order valence-corrected chi connectivity index (χ1v) is 9.36. The Labute approximate surface area is 126 Å². The van der Waals surface area contributed by atoms with Crippen molar-refractivity contribution in [2.75, 3.05) is 50.9 Å². The predicted octanol–water partition coefficient (Wildman–Crippen LogP) is -0.464. The van der Waals surface area contributed by atoms with Gasteiger partial charge in [-0.1, -0.05) is 0 Å². The van der Waals surface area contributed by atoms with Crippen LogP contribution in [0.3, 0.4) is 0 Å². The molecule has 1 N–H and O–H groups in total. The number of morpholine rings is 1. The lowest BCUT2D eigenvalue weighted by Crippen LogP contribution is -2.56. The van der Waals surface area contributed by atoms with E-state index in [1.165, 1.54) is 0 Å². The van der Waals surface area contributed by atoms with Gasteiger partial charge >= 0.3 is 6.03 Å². The van der Waals surface area contributed by atoms with Crippen LogP contribution in [0.25, 0.3) is 0 Å². The summed E-state index contributed by atoms with van der Waals surface area (Å²) >= 11 is 0. The van der Waals surface area contributed by atoms with Crippen molar-refractivity contribution in [2.24, 2.45) is 0 Å². The number of ether oxygens (including phenoxy) is 1. The lowest BCUT2D eigenvalue weighted by molar-refractivity contribution is 0.0168. The Hall–Kier alpha value is -0.860. The largest absolute Gasteiger partial charge is 0.379 e. The van der Waals surface area contributed by atoms with Gasteiger partial charge in [0.2, 0.25) is 0 Å². The van der Waals surface area contributed by atoms with Crippen LogP contribution in [0.1, 0.15) is 13.8 Å². The van der Waals surface area contributed by atoms with Gasteiger partial charge in [0, 0.05) is 32.2 Å². The average molecular weight is 319 g/mol. The monoisotopic (exact) mass is 319 g/mol. The van der Waals surface area contributed by atoms with Crippen LogP contribution in [-0.4, -0.2) is 87.2 Å². The molecule has 2 saturated heterocycles. The molecule has 0 aromatic carbocycles. The number of carbonyl (C=O) groups is 1. The quantitative estimate of drug-likeness (QED) is 0.758. The summed E-state index contributed by atoms with van der Waals surface area (Å²) in [7, 11) is -3.09. The summed E-state index contributed by atoms with van der Waals surface area (Å²) in [6, 6.07) is -0.653. The van der Waals surface area contributed by atoms with Gasteiger partial charge in [-0.05, 0) is 13.8 Å². The molecule has 0 radical (unpaired) electrons. The Morgan fingerprint density at radius 2 is 1.86 bits per heavy atom. The molecule has 2 aliphatic heterocycles. The Bertz CT molecular complexity index is 458. The number of carbonyl (C=O) groups excluding carboxylic acids is 1. The van der Waals surface area contributed by atoms with E-state index in [-0.39, 0.29) is 29.6 Å². The van der Waals surface area contributed by atoms with Crippen LogP contribution in [-0.2, 0) is 14.6 Å². The van der Waals surface area contributed by atoms with Crippen molar-refractivity contribution < 1.29 is 17.9 Å². The van der Waals surface area contributed by atoms with E-state index in [1.54, 1.807) is 4.90 Å². The predicted molar refractivity (Wildman–Crippen MR) is 80.1 cm³/mol. The van der Waals surface area contributed by atoms with Crippen LogP contribution in [0.5, 0.6) is 0 Å². The van der Waals surface area contributed by atoms with E-state index < -0.39 is 9.84 Å². The minimum atomic E-state index is -3.09.